The van der Waals surface area contributed by atoms with E-state index in [9.17, 15) is 4.79 Å². The molecule has 0 atom stereocenters. The molecule has 0 amide bonds. The van der Waals surface area contributed by atoms with E-state index >= 15 is 0 Å². The van der Waals surface area contributed by atoms with Crippen molar-refractivity contribution in [1.29, 1.82) is 0 Å². The van der Waals surface area contributed by atoms with Gasteiger partial charge in [-0.2, -0.15) is 0 Å². The first-order chi connectivity index (χ1) is 13.5. The lowest BCUT2D eigenvalue weighted by Gasteiger charge is -2.09. The predicted molar refractivity (Wildman–Crippen MR) is 103 cm³/mol. The summed E-state index contributed by atoms with van der Waals surface area (Å²) >= 11 is 0. The molecule has 0 unspecified atom stereocenters. The van der Waals surface area contributed by atoms with Gasteiger partial charge in [0.25, 0.3) is 0 Å². The summed E-state index contributed by atoms with van der Waals surface area (Å²) in [6.45, 7) is 3.65. The second kappa shape index (κ2) is 8.34. The quantitative estimate of drug-likeness (QED) is 0.384. The van der Waals surface area contributed by atoms with E-state index in [1.807, 2.05) is 13.8 Å². The second-order valence-electron chi connectivity index (χ2n) is 5.90. The van der Waals surface area contributed by atoms with Crippen LogP contribution in [0.25, 0.3) is 0 Å². The Balaban J connectivity index is 1.95. The fraction of sp³-hybridized carbons (Fsp3) is 0.200. The molecule has 0 aliphatic heterocycles. The van der Waals surface area contributed by atoms with Gasteiger partial charge in [-0.05, 0) is 67.6 Å². The third-order valence-electron chi connectivity index (χ3n) is 4.14. The Kier molecular flexibility index (Phi) is 5.69. The fourth-order valence-electron chi connectivity index (χ4n) is 2.32. The van der Waals surface area contributed by atoms with Crippen molar-refractivity contribution >= 4 is 11.9 Å². The molecular weight excluding hydrogens is 360 g/mol. The zero-order valence-corrected chi connectivity index (χ0v) is 16.0. The number of rotatable bonds is 5. The third kappa shape index (κ3) is 4.17. The van der Waals surface area contributed by atoms with Crippen LogP contribution in [0, 0.1) is 13.8 Å². The average molecular weight is 380 g/mol. The van der Waals surface area contributed by atoms with Crippen molar-refractivity contribution in [3.05, 3.63) is 71.0 Å². The number of nitrogens with zero attached hydrogens (tertiary/aromatic N) is 4. The van der Waals surface area contributed by atoms with Gasteiger partial charge in [-0.1, -0.05) is 0 Å². The minimum atomic E-state index is -0.549. The van der Waals surface area contributed by atoms with Gasteiger partial charge in [0.2, 0.25) is 5.90 Å². The molecule has 0 saturated heterocycles. The molecule has 144 valence electrons. The monoisotopic (exact) mass is 380 g/mol. The molecule has 0 saturated carbocycles. The van der Waals surface area contributed by atoms with Crippen molar-refractivity contribution in [2.75, 3.05) is 14.2 Å². The van der Waals surface area contributed by atoms with Crippen LogP contribution in [0.1, 0.15) is 27.3 Å². The first-order valence-corrected chi connectivity index (χ1v) is 8.50. The van der Waals surface area contributed by atoms with Gasteiger partial charge in [0.15, 0.2) is 0 Å². The molecule has 28 heavy (non-hydrogen) atoms. The first kappa shape index (κ1) is 19.1. The molecule has 1 heterocycles. The number of carbonyl (C=O) groups is 1. The predicted octanol–water partition coefficient (Wildman–Crippen LogP) is 2.98. The Morgan fingerprint density at radius 2 is 1.43 bits per heavy atom. The van der Waals surface area contributed by atoms with E-state index in [1.165, 1.54) is 4.79 Å². The molecule has 0 fully saturated rings. The standard InChI is InChI=1S/C20H20N4O4/c1-13-14(2)24(23-21-13)22-19(15-5-9-17(26-3)10-6-15)28-20(25)16-7-11-18(27-4)12-8-16/h5-12H,1-4H3. The van der Waals surface area contributed by atoms with Crippen molar-refractivity contribution in [1.82, 2.24) is 15.1 Å². The van der Waals surface area contributed by atoms with Gasteiger partial charge in [-0.3, -0.25) is 0 Å². The number of carbonyl (C=O) groups excluding carboxylic acids is 1. The molecule has 0 N–H and O–H groups in total. The number of aromatic nitrogens is 3. The molecule has 3 aromatic rings. The Labute approximate surface area is 162 Å². The van der Waals surface area contributed by atoms with E-state index in [0.717, 1.165) is 11.4 Å². The number of benzene rings is 2. The van der Waals surface area contributed by atoms with Gasteiger partial charge in [0, 0.05) is 5.56 Å². The summed E-state index contributed by atoms with van der Waals surface area (Å²) in [6.07, 6.45) is 0. The Morgan fingerprint density at radius 1 is 0.893 bits per heavy atom. The van der Waals surface area contributed by atoms with Gasteiger partial charge in [0.05, 0.1) is 31.2 Å². The highest BCUT2D eigenvalue weighted by molar-refractivity contribution is 6.05. The molecule has 8 nitrogen and oxygen atoms in total. The molecule has 2 aromatic carbocycles. The van der Waals surface area contributed by atoms with Crippen LogP contribution < -0.4 is 9.47 Å². The molecule has 0 radical (unpaired) electrons. The number of methoxy groups -OCH3 is 2. The topological polar surface area (TPSA) is 87.8 Å². The van der Waals surface area contributed by atoms with E-state index in [-0.39, 0.29) is 5.90 Å². The Morgan fingerprint density at radius 3 is 1.89 bits per heavy atom. The van der Waals surface area contributed by atoms with Crippen LogP contribution in [0.4, 0.5) is 0 Å². The molecule has 1 aromatic heterocycles. The van der Waals surface area contributed by atoms with E-state index in [0.29, 0.717) is 22.6 Å². The smallest absolute Gasteiger partial charge is 0.344 e. The zero-order chi connectivity index (χ0) is 20.1. The second-order valence-corrected chi connectivity index (χ2v) is 5.90. The van der Waals surface area contributed by atoms with Crippen molar-refractivity contribution < 1.29 is 19.0 Å². The van der Waals surface area contributed by atoms with Crippen LogP contribution in [0.2, 0.25) is 0 Å². The van der Waals surface area contributed by atoms with Crippen molar-refractivity contribution in [3.63, 3.8) is 0 Å². The molecular formula is C20H20N4O4. The van der Waals surface area contributed by atoms with E-state index < -0.39 is 5.97 Å². The van der Waals surface area contributed by atoms with Crippen LogP contribution >= 0.6 is 0 Å². The number of esters is 1. The van der Waals surface area contributed by atoms with Crippen molar-refractivity contribution in [2.24, 2.45) is 5.10 Å². The summed E-state index contributed by atoms with van der Waals surface area (Å²) in [5, 5.41) is 12.3. The van der Waals surface area contributed by atoms with E-state index in [1.54, 1.807) is 62.8 Å². The van der Waals surface area contributed by atoms with Crippen molar-refractivity contribution in [3.8, 4) is 11.5 Å². The maximum atomic E-state index is 12.6. The zero-order valence-electron chi connectivity index (χ0n) is 16.0. The Bertz CT molecular complexity index is 992. The van der Waals surface area contributed by atoms with E-state index in [4.69, 9.17) is 14.2 Å². The van der Waals surface area contributed by atoms with Crippen LogP contribution in [-0.2, 0) is 4.74 Å². The summed E-state index contributed by atoms with van der Waals surface area (Å²) in [5.74, 6) is 0.870. The van der Waals surface area contributed by atoms with Gasteiger partial charge in [0.1, 0.15) is 11.5 Å². The lowest BCUT2D eigenvalue weighted by Crippen LogP contribution is -2.16. The van der Waals surface area contributed by atoms with Gasteiger partial charge in [-0.25, -0.2) is 4.79 Å². The first-order valence-electron chi connectivity index (χ1n) is 8.50. The summed E-state index contributed by atoms with van der Waals surface area (Å²) in [6, 6.07) is 13.6. The number of ether oxygens (including phenoxy) is 3. The lowest BCUT2D eigenvalue weighted by molar-refractivity contribution is 0.0716. The highest BCUT2D eigenvalue weighted by Crippen LogP contribution is 2.16. The fourth-order valence-corrected chi connectivity index (χ4v) is 2.32. The summed E-state index contributed by atoms with van der Waals surface area (Å²) in [7, 11) is 3.14. The molecule has 3 rings (SSSR count). The van der Waals surface area contributed by atoms with Gasteiger partial charge < -0.3 is 14.2 Å². The molecule has 0 aliphatic carbocycles. The number of hydrogen-bond donors (Lipinski definition) is 0. The summed E-state index contributed by atoms with van der Waals surface area (Å²) in [4.78, 5) is 13.9. The summed E-state index contributed by atoms with van der Waals surface area (Å²) in [5.41, 5.74) is 2.44. The maximum absolute atomic E-state index is 12.6. The molecule has 0 aliphatic rings. The highest BCUT2D eigenvalue weighted by atomic mass is 16.5. The maximum Gasteiger partial charge on any atom is 0.344 e. The van der Waals surface area contributed by atoms with Crippen LogP contribution in [-0.4, -0.2) is 41.2 Å². The summed E-state index contributed by atoms with van der Waals surface area (Å²) < 4.78 is 15.9. The average Bonchev–Trinajstić information content (AvgIpc) is 3.05. The van der Waals surface area contributed by atoms with Gasteiger partial charge in [-0.15, -0.1) is 15.0 Å². The van der Waals surface area contributed by atoms with Crippen molar-refractivity contribution in [2.45, 2.75) is 13.8 Å². The van der Waals surface area contributed by atoms with Gasteiger partial charge >= 0.3 is 5.97 Å². The number of aryl methyl sites for hydroxylation is 1. The minimum Gasteiger partial charge on any atom is -0.497 e. The van der Waals surface area contributed by atoms with Crippen LogP contribution in [0.3, 0.4) is 0 Å². The highest BCUT2D eigenvalue weighted by Gasteiger charge is 2.16. The van der Waals surface area contributed by atoms with E-state index in [2.05, 4.69) is 15.4 Å². The lowest BCUT2D eigenvalue weighted by atomic mass is 10.2. The minimum absolute atomic E-state index is 0.0940. The largest absolute Gasteiger partial charge is 0.497 e. The van der Waals surface area contributed by atoms with Crippen LogP contribution in [0.15, 0.2) is 53.6 Å². The normalized spacial score (nSPS) is 11.2. The molecule has 0 bridgehead atoms. The Hall–Kier alpha value is -3.68. The molecule has 0 spiro atoms. The third-order valence-corrected chi connectivity index (χ3v) is 4.14. The SMILES string of the molecule is COc1ccc(C(=O)OC(=Nn2nnc(C)c2C)c2ccc(OC)cc2)cc1. The number of hydrogen-bond acceptors (Lipinski definition) is 7. The van der Waals surface area contributed by atoms with Crippen LogP contribution in [0.5, 0.6) is 11.5 Å². The molecule has 8 heteroatoms.